The first-order valence-corrected chi connectivity index (χ1v) is 4.88. The highest BCUT2D eigenvalue weighted by atomic mass is 32.1. The number of halogens is 1. The average molecular weight is 221 g/mol. The van der Waals surface area contributed by atoms with Gasteiger partial charge >= 0.3 is 0 Å². The van der Waals surface area contributed by atoms with Gasteiger partial charge in [-0.3, -0.25) is 0 Å². The molecule has 0 heterocycles. The lowest BCUT2D eigenvalue weighted by Crippen LogP contribution is -1.82. The summed E-state index contributed by atoms with van der Waals surface area (Å²) in [6.45, 7) is 0. The Balaban J connectivity index is 0.000000151. The van der Waals surface area contributed by atoms with Crippen LogP contribution in [0.25, 0.3) is 0 Å². The van der Waals surface area contributed by atoms with Crippen LogP contribution >= 0.6 is 12.6 Å². The Morgan fingerprint density at radius 2 is 1.40 bits per heavy atom. The van der Waals surface area contributed by atoms with Gasteiger partial charge in [-0.25, -0.2) is 4.39 Å². The van der Waals surface area contributed by atoms with Crippen LogP contribution in [0.4, 0.5) is 10.1 Å². The monoisotopic (exact) mass is 221 g/mol. The Kier molecular flexibility index (Phi) is 4.71. The number of nitrogen functional groups attached to an aromatic ring is 1. The van der Waals surface area contributed by atoms with Crippen molar-refractivity contribution in [2.75, 3.05) is 5.73 Å². The lowest BCUT2D eigenvalue weighted by atomic mass is 10.3. The van der Waals surface area contributed by atoms with Gasteiger partial charge in [-0.05, 0) is 36.4 Å². The summed E-state index contributed by atoms with van der Waals surface area (Å²) in [6, 6.07) is 15.5. The van der Waals surface area contributed by atoms with Gasteiger partial charge in [-0.1, -0.05) is 18.2 Å². The number of thiol groups is 1. The molecule has 15 heavy (non-hydrogen) atoms. The fourth-order valence-corrected chi connectivity index (χ4v) is 1.06. The van der Waals surface area contributed by atoms with E-state index in [0.29, 0.717) is 5.69 Å². The van der Waals surface area contributed by atoms with Crippen molar-refractivity contribution < 1.29 is 4.39 Å². The van der Waals surface area contributed by atoms with Crippen molar-refractivity contribution in [2.45, 2.75) is 4.90 Å². The zero-order valence-corrected chi connectivity index (χ0v) is 8.99. The number of hydrogen-bond donors (Lipinski definition) is 2. The Bertz CT molecular complexity index is 365. The van der Waals surface area contributed by atoms with Crippen molar-refractivity contribution in [1.82, 2.24) is 0 Å². The summed E-state index contributed by atoms with van der Waals surface area (Å²) in [7, 11) is 0. The molecule has 0 aliphatic rings. The van der Waals surface area contributed by atoms with E-state index in [1.54, 1.807) is 0 Å². The topological polar surface area (TPSA) is 26.0 Å². The Morgan fingerprint density at radius 1 is 0.867 bits per heavy atom. The predicted octanol–water partition coefficient (Wildman–Crippen LogP) is 3.38. The Hall–Kier alpha value is -1.48. The van der Waals surface area contributed by atoms with Crippen LogP contribution < -0.4 is 5.73 Å². The summed E-state index contributed by atoms with van der Waals surface area (Å²) in [6.07, 6.45) is 0. The minimum absolute atomic E-state index is 0.251. The number of anilines is 1. The van der Waals surface area contributed by atoms with Gasteiger partial charge in [0.25, 0.3) is 0 Å². The minimum Gasteiger partial charge on any atom is -0.399 e. The highest BCUT2D eigenvalue weighted by molar-refractivity contribution is 7.80. The maximum Gasteiger partial charge on any atom is 0.123 e. The SMILES string of the molecule is Nc1ccc(F)cc1.Sc1ccccc1. The molecule has 0 bridgehead atoms. The number of nitrogens with two attached hydrogens (primary N) is 1. The molecule has 2 aromatic rings. The van der Waals surface area contributed by atoms with Crippen LogP contribution in [-0.2, 0) is 0 Å². The van der Waals surface area contributed by atoms with Crippen LogP contribution in [0, 0.1) is 5.82 Å². The van der Waals surface area contributed by atoms with Crippen LogP contribution in [0.3, 0.4) is 0 Å². The van der Waals surface area contributed by atoms with Gasteiger partial charge in [-0.2, -0.15) is 0 Å². The number of hydrogen-bond acceptors (Lipinski definition) is 2. The molecule has 2 N–H and O–H groups in total. The van der Waals surface area contributed by atoms with Crippen LogP contribution in [0.2, 0.25) is 0 Å². The maximum atomic E-state index is 12.0. The second-order valence-corrected chi connectivity index (χ2v) is 3.40. The maximum absolute atomic E-state index is 12.0. The minimum atomic E-state index is -0.251. The number of benzene rings is 2. The van der Waals surface area contributed by atoms with Crippen LogP contribution in [0.1, 0.15) is 0 Å². The van der Waals surface area contributed by atoms with E-state index >= 15 is 0 Å². The molecular formula is C12H12FNS. The Morgan fingerprint density at radius 3 is 1.73 bits per heavy atom. The third-order valence-electron chi connectivity index (χ3n) is 1.63. The quantitative estimate of drug-likeness (QED) is 0.517. The van der Waals surface area contributed by atoms with Crippen molar-refractivity contribution in [3.63, 3.8) is 0 Å². The molecule has 78 valence electrons. The van der Waals surface area contributed by atoms with E-state index < -0.39 is 0 Å². The lowest BCUT2D eigenvalue weighted by molar-refractivity contribution is 0.628. The van der Waals surface area contributed by atoms with Gasteiger partial charge < -0.3 is 5.73 Å². The van der Waals surface area contributed by atoms with Crippen LogP contribution in [0.15, 0.2) is 59.5 Å². The molecule has 1 nitrogen and oxygen atoms in total. The summed E-state index contributed by atoms with van der Waals surface area (Å²) >= 11 is 4.08. The van der Waals surface area contributed by atoms with Gasteiger partial charge in [-0.15, -0.1) is 12.6 Å². The third-order valence-corrected chi connectivity index (χ3v) is 1.92. The van der Waals surface area contributed by atoms with Crippen molar-refractivity contribution in [3.05, 3.63) is 60.4 Å². The molecule has 2 aromatic carbocycles. The number of rotatable bonds is 0. The van der Waals surface area contributed by atoms with Gasteiger partial charge in [0.1, 0.15) is 5.82 Å². The van der Waals surface area contributed by atoms with Gasteiger partial charge in [0.2, 0.25) is 0 Å². The van der Waals surface area contributed by atoms with E-state index in [1.807, 2.05) is 30.3 Å². The second kappa shape index (κ2) is 6.09. The van der Waals surface area contributed by atoms with E-state index in [1.165, 1.54) is 24.3 Å². The molecule has 0 aliphatic heterocycles. The molecule has 0 unspecified atom stereocenters. The summed E-state index contributed by atoms with van der Waals surface area (Å²) < 4.78 is 12.0. The summed E-state index contributed by atoms with van der Waals surface area (Å²) in [5.41, 5.74) is 5.85. The molecule has 0 atom stereocenters. The molecular weight excluding hydrogens is 209 g/mol. The van der Waals surface area contributed by atoms with Crippen LogP contribution in [0.5, 0.6) is 0 Å². The molecule has 0 saturated heterocycles. The highest BCUT2D eigenvalue weighted by Gasteiger charge is 1.84. The lowest BCUT2D eigenvalue weighted by Gasteiger charge is -1.87. The molecule has 0 amide bonds. The van der Waals surface area contributed by atoms with Crippen molar-refractivity contribution in [2.24, 2.45) is 0 Å². The van der Waals surface area contributed by atoms with E-state index in [4.69, 9.17) is 5.73 Å². The normalized spacial score (nSPS) is 8.93. The van der Waals surface area contributed by atoms with Gasteiger partial charge in [0.15, 0.2) is 0 Å². The molecule has 0 spiro atoms. The zero-order valence-electron chi connectivity index (χ0n) is 8.10. The fourth-order valence-electron chi connectivity index (χ4n) is 0.891. The average Bonchev–Trinajstić information content (AvgIpc) is 2.25. The molecule has 0 aromatic heterocycles. The van der Waals surface area contributed by atoms with E-state index in [-0.39, 0.29) is 5.82 Å². The first kappa shape index (κ1) is 11.6. The van der Waals surface area contributed by atoms with E-state index in [9.17, 15) is 4.39 Å². The molecule has 0 saturated carbocycles. The Labute approximate surface area is 94.2 Å². The summed E-state index contributed by atoms with van der Waals surface area (Å²) in [5.74, 6) is -0.251. The molecule has 2 rings (SSSR count). The highest BCUT2D eigenvalue weighted by Crippen LogP contribution is 2.02. The van der Waals surface area contributed by atoms with Crippen LogP contribution in [-0.4, -0.2) is 0 Å². The van der Waals surface area contributed by atoms with Crippen molar-refractivity contribution >= 4 is 18.3 Å². The molecule has 3 heteroatoms. The first-order chi connectivity index (χ1) is 7.18. The molecule has 0 radical (unpaired) electrons. The van der Waals surface area contributed by atoms with E-state index in [2.05, 4.69) is 12.6 Å². The van der Waals surface area contributed by atoms with Gasteiger partial charge in [0, 0.05) is 10.6 Å². The second-order valence-electron chi connectivity index (χ2n) is 2.89. The van der Waals surface area contributed by atoms with Crippen molar-refractivity contribution in [3.8, 4) is 0 Å². The van der Waals surface area contributed by atoms with Crippen molar-refractivity contribution in [1.29, 1.82) is 0 Å². The summed E-state index contributed by atoms with van der Waals surface area (Å²) in [5, 5.41) is 0. The fraction of sp³-hybridized carbons (Fsp3) is 0. The third kappa shape index (κ3) is 5.08. The molecule has 0 fully saturated rings. The zero-order chi connectivity index (χ0) is 11.1. The standard InChI is InChI=1S/C6H6FN.C6H6S/c7-5-1-3-6(8)4-2-5;7-6-4-2-1-3-5-6/h1-4H,8H2;1-5,7H. The summed E-state index contributed by atoms with van der Waals surface area (Å²) in [4.78, 5) is 1.02. The molecule has 0 aliphatic carbocycles. The smallest absolute Gasteiger partial charge is 0.123 e. The van der Waals surface area contributed by atoms with E-state index in [0.717, 1.165) is 4.90 Å². The predicted molar refractivity (Wildman–Crippen MR) is 64.5 cm³/mol. The van der Waals surface area contributed by atoms with Gasteiger partial charge in [0.05, 0.1) is 0 Å². The first-order valence-electron chi connectivity index (χ1n) is 4.43. The largest absolute Gasteiger partial charge is 0.399 e.